The van der Waals surface area contributed by atoms with E-state index in [4.69, 9.17) is 0 Å². The maximum absolute atomic E-state index is 3.65. The van der Waals surface area contributed by atoms with E-state index in [1.807, 2.05) is 0 Å². The first-order valence-electron chi connectivity index (χ1n) is 6.43. The zero-order chi connectivity index (χ0) is 11.7. The molecular formula is C14H29N. The Labute approximate surface area is 96.0 Å². The van der Waals surface area contributed by atoms with Crippen LogP contribution in [0.4, 0.5) is 0 Å². The van der Waals surface area contributed by atoms with Crippen LogP contribution in [0.3, 0.4) is 0 Å². The summed E-state index contributed by atoms with van der Waals surface area (Å²) in [6.07, 6.45) is 2.69. The number of hydrogen-bond acceptors (Lipinski definition) is 1. The van der Waals surface area contributed by atoms with Crippen LogP contribution in [0.1, 0.15) is 54.4 Å². The van der Waals surface area contributed by atoms with Gasteiger partial charge in [0.1, 0.15) is 0 Å². The first kappa shape index (κ1) is 13.0. The molecule has 0 aromatic carbocycles. The molecule has 15 heavy (non-hydrogen) atoms. The number of rotatable bonds is 0. The Morgan fingerprint density at radius 3 is 1.47 bits per heavy atom. The van der Waals surface area contributed by atoms with Crippen LogP contribution in [-0.2, 0) is 0 Å². The van der Waals surface area contributed by atoms with E-state index in [9.17, 15) is 0 Å². The van der Waals surface area contributed by atoms with Crippen LogP contribution in [0.5, 0.6) is 0 Å². The summed E-state index contributed by atoms with van der Waals surface area (Å²) in [5.74, 6) is 1.69. The van der Waals surface area contributed by atoms with Gasteiger partial charge in [0, 0.05) is 13.1 Å². The van der Waals surface area contributed by atoms with Crippen molar-refractivity contribution in [2.24, 2.45) is 22.7 Å². The van der Waals surface area contributed by atoms with E-state index in [-0.39, 0.29) is 0 Å². The fraction of sp³-hybridized carbons (Fsp3) is 1.00. The van der Waals surface area contributed by atoms with Gasteiger partial charge in [-0.25, -0.2) is 0 Å². The van der Waals surface area contributed by atoms with Gasteiger partial charge in [-0.3, -0.25) is 0 Å². The predicted molar refractivity (Wildman–Crippen MR) is 68.0 cm³/mol. The lowest BCUT2D eigenvalue weighted by Gasteiger charge is -2.30. The average Bonchev–Trinajstić information content (AvgIpc) is 2.02. The summed E-state index contributed by atoms with van der Waals surface area (Å²) in [4.78, 5) is 0. The Kier molecular flexibility index (Phi) is 3.86. The van der Waals surface area contributed by atoms with E-state index in [2.05, 4.69) is 46.9 Å². The summed E-state index contributed by atoms with van der Waals surface area (Å²) in [5, 5.41) is 3.65. The molecular weight excluding hydrogens is 182 g/mol. The molecule has 0 aromatic rings. The minimum Gasteiger partial charge on any atom is -0.316 e. The highest BCUT2D eigenvalue weighted by Crippen LogP contribution is 2.36. The van der Waals surface area contributed by atoms with Crippen molar-refractivity contribution in [3.8, 4) is 0 Å². The standard InChI is InChI=1S/C14H29N/c1-11-7-13(3,4)9-15-10-14(5,6)8-12(11)2/h11-12,15H,7-10H2,1-6H3. The highest BCUT2D eigenvalue weighted by Gasteiger charge is 2.30. The Morgan fingerprint density at radius 2 is 1.13 bits per heavy atom. The Morgan fingerprint density at radius 1 is 0.800 bits per heavy atom. The predicted octanol–water partition coefficient (Wildman–Crippen LogP) is 3.69. The molecule has 2 unspecified atom stereocenters. The minimum atomic E-state index is 0.452. The van der Waals surface area contributed by atoms with Crippen LogP contribution >= 0.6 is 0 Å². The van der Waals surface area contributed by atoms with Crippen LogP contribution in [0, 0.1) is 22.7 Å². The molecule has 0 radical (unpaired) electrons. The molecule has 0 amide bonds. The minimum absolute atomic E-state index is 0.452. The Bertz CT molecular complexity index is 183. The van der Waals surface area contributed by atoms with Gasteiger partial charge in [0.15, 0.2) is 0 Å². The molecule has 0 saturated carbocycles. The van der Waals surface area contributed by atoms with Gasteiger partial charge in [-0.2, -0.15) is 0 Å². The second-order valence-electron chi connectivity index (χ2n) is 7.29. The third-order valence-electron chi connectivity index (χ3n) is 3.93. The fourth-order valence-electron chi connectivity index (χ4n) is 3.03. The van der Waals surface area contributed by atoms with Crippen LogP contribution in [0.15, 0.2) is 0 Å². The van der Waals surface area contributed by atoms with E-state index in [0.717, 1.165) is 24.9 Å². The van der Waals surface area contributed by atoms with Crippen LogP contribution in [0.2, 0.25) is 0 Å². The smallest absolute Gasteiger partial charge is 0.000285 e. The lowest BCUT2D eigenvalue weighted by Crippen LogP contribution is -2.35. The van der Waals surface area contributed by atoms with E-state index >= 15 is 0 Å². The molecule has 0 bridgehead atoms. The van der Waals surface area contributed by atoms with Gasteiger partial charge in [-0.15, -0.1) is 0 Å². The molecule has 1 aliphatic rings. The second kappa shape index (κ2) is 4.45. The largest absolute Gasteiger partial charge is 0.316 e. The van der Waals surface area contributed by atoms with Crippen LogP contribution in [0.25, 0.3) is 0 Å². The number of hydrogen-bond donors (Lipinski definition) is 1. The van der Waals surface area contributed by atoms with Gasteiger partial charge >= 0.3 is 0 Å². The molecule has 1 heteroatoms. The van der Waals surface area contributed by atoms with E-state index in [1.54, 1.807) is 0 Å². The van der Waals surface area contributed by atoms with Crippen molar-refractivity contribution in [1.82, 2.24) is 5.32 Å². The molecule has 1 heterocycles. The summed E-state index contributed by atoms with van der Waals surface area (Å²) in [7, 11) is 0. The van der Waals surface area contributed by atoms with Gasteiger partial charge < -0.3 is 5.32 Å². The normalized spacial score (nSPS) is 36.4. The molecule has 90 valence electrons. The summed E-state index contributed by atoms with van der Waals surface area (Å²) in [6, 6.07) is 0. The molecule has 1 saturated heterocycles. The van der Waals surface area contributed by atoms with Crippen molar-refractivity contribution < 1.29 is 0 Å². The zero-order valence-corrected chi connectivity index (χ0v) is 11.5. The van der Waals surface area contributed by atoms with Crippen molar-refractivity contribution in [3.05, 3.63) is 0 Å². The van der Waals surface area contributed by atoms with Crippen molar-refractivity contribution >= 4 is 0 Å². The van der Waals surface area contributed by atoms with E-state index in [1.165, 1.54) is 12.8 Å². The number of nitrogens with one attached hydrogen (secondary N) is 1. The molecule has 1 rings (SSSR count). The summed E-state index contributed by atoms with van der Waals surface area (Å²) >= 11 is 0. The quantitative estimate of drug-likeness (QED) is 0.644. The van der Waals surface area contributed by atoms with Gasteiger partial charge in [-0.1, -0.05) is 41.5 Å². The monoisotopic (exact) mass is 211 g/mol. The fourth-order valence-corrected chi connectivity index (χ4v) is 3.03. The van der Waals surface area contributed by atoms with Crippen LogP contribution in [-0.4, -0.2) is 13.1 Å². The third kappa shape index (κ3) is 4.14. The second-order valence-corrected chi connectivity index (χ2v) is 7.29. The Hall–Kier alpha value is -0.0400. The average molecular weight is 211 g/mol. The molecule has 1 aliphatic heterocycles. The summed E-state index contributed by atoms with van der Waals surface area (Å²) in [5.41, 5.74) is 0.905. The first-order valence-corrected chi connectivity index (χ1v) is 6.43. The van der Waals surface area contributed by atoms with Crippen LogP contribution < -0.4 is 5.32 Å². The SMILES string of the molecule is CC1CC(C)(C)CNCC(C)(C)CC1C. The molecule has 0 spiro atoms. The molecule has 0 aliphatic carbocycles. The lowest BCUT2D eigenvalue weighted by atomic mass is 9.74. The maximum atomic E-state index is 3.65. The van der Waals surface area contributed by atoms with Crippen molar-refractivity contribution in [1.29, 1.82) is 0 Å². The zero-order valence-electron chi connectivity index (χ0n) is 11.5. The van der Waals surface area contributed by atoms with Gasteiger partial charge in [-0.05, 0) is 35.5 Å². The van der Waals surface area contributed by atoms with Gasteiger partial charge in [0.25, 0.3) is 0 Å². The summed E-state index contributed by atoms with van der Waals surface area (Å²) in [6.45, 7) is 16.7. The van der Waals surface area contributed by atoms with Gasteiger partial charge in [0.2, 0.25) is 0 Å². The van der Waals surface area contributed by atoms with E-state index < -0.39 is 0 Å². The molecule has 1 fully saturated rings. The van der Waals surface area contributed by atoms with Crippen molar-refractivity contribution in [2.45, 2.75) is 54.4 Å². The maximum Gasteiger partial charge on any atom is 0.000285 e. The topological polar surface area (TPSA) is 12.0 Å². The lowest BCUT2D eigenvalue weighted by molar-refractivity contribution is 0.206. The highest BCUT2D eigenvalue weighted by molar-refractivity contribution is 4.84. The molecule has 2 atom stereocenters. The highest BCUT2D eigenvalue weighted by atomic mass is 14.9. The Balaban J connectivity index is 2.73. The first-order chi connectivity index (χ1) is 6.72. The van der Waals surface area contributed by atoms with Crippen molar-refractivity contribution in [2.75, 3.05) is 13.1 Å². The summed E-state index contributed by atoms with van der Waals surface area (Å²) < 4.78 is 0. The molecule has 1 N–H and O–H groups in total. The molecule has 0 aromatic heterocycles. The third-order valence-corrected chi connectivity index (χ3v) is 3.93. The van der Waals surface area contributed by atoms with Crippen molar-refractivity contribution in [3.63, 3.8) is 0 Å². The van der Waals surface area contributed by atoms with Gasteiger partial charge in [0.05, 0.1) is 0 Å². The van der Waals surface area contributed by atoms with E-state index in [0.29, 0.717) is 10.8 Å². The molecule has 1 nitrogen and oxygen atoms in total.